The third-order valence-electron chi connectivity index (χ3n) is 5.51. The van der Waals surface area contributed by atoms with Gasteiger partial charge in [0.1, 0.15) is 17.8 Å². The number of aromatic amines is 1. The van der Waals surface area contributed by atoms with Crippen LogP contribution in [-0.4, -0.2) is 36.3 Å². The van der Waals surface area contributed by atoms with Gasteiger partial charge in [-0.15, -0.1) is 0 Å². The van der Waals surface area contributed by atoms with E-state index in [0.29, 0.717) is 13.1 Å². The van der Waals surface area contributed by atoms with Gasteiger partial charge in [0.05, 0.1) is 17.9 Å². The average Bonchev–Trinajstić information content (AvgIpc) is 3.57. The number of aromatic nitrogens is 6. The molecule has 1 aliphatic rings. The van der Waals surface area contributed by atoms with Crippen LogP contribution in [0.3, 0.4) is 0 Å². The van der Waals surface area contributed by atoms with Crippen LogP contribution in [0.15, 0.2) is 61.1 Å². The third kappa shape index (κ3) is 3.79. The number of nitrogens with zero attached hydrogens (tertiary/aromatic N) is 5. The van der Waals surface area contributed by atoms with Crippen LogP contribution < -0.4 is 14.8 Å². The summed E-state index contributed by atoms with van der Waals surface area (Å²) >= 11 is 0. The van der Waals surface area contributed by atoms with Gasteiger partial charge in [0, 0.05) is 24.0 Å². The molecule has 0 bridgehead atoms. The number of benzene rings is 1. The van der Waals surface area contributed by atoms with Gasteiger partial charge in [-0.2, -0.15) is 5.10 Å². The molecule has 5 heterocycles. The zero-order valence-electron chi connectivity index (χ0n) is 17.9. The minimum atomic E-state index is 0.275. The smallest absolute Gasteiger partial charge is 0.231 e. The van der Waals surface area contributed by atoms with Crippen LogP contribution in [0.25, 0.3) is 28.3 Å². The maximum absolute atomic E-state index is 5.47. The van der Waals surface area contributed by atoms with Crippen molar-refractivity contribution in [2.45, 2.75) is 20.0 Å². The Hall–Kier alpha value is -4.24. The van der Waals surface area contributed by atoms with Gasteiger partial charge in [-0.1, -0.05) is 12.1 Å². The van der Waals surface area contributed by atoms with Crippen molar-refractivity contribution in [2.24, 2.45) is 0 Å². The Morgan fingerprint density at radius 2 is 1.97 bits per heavy atom. The Kier molecular flexibility index (Phi) is 4.73. The Morgan fingerprint density at radius 3 is 2.91 bits per heavy atom. The molecule has 164 valence electrons. The molecule has 0 atom stereocenters. The molecule has 0 saturated carbocycles. The molecule has 0 saturated heterocycles. The number of fused-ring (bicyclic) bond motifs is 2. The van der Waals surface area contributed by atoms with Crippen LogP contribution in [0, 0.1) is 6.92 Å². The van der Waals surface area contributed by atoms with Gasteiger partial charge >= 0.3 is 0 Å². The highest BCUT2D eigenvalue weighted by atomic mass is 16.7. The normalized spacial score (nSPS) is 12.5. The average molecular weight is 439 g/mol. The summed E-state index contributed by atoms with van der Waals surface area (Å²) in [5.74, 6) is 2.39. The molecule has 0 fully saturated rings. The van der Waals surface area contributed by atoms with Crippen molar-refractivity contribution in [2.75, 3.05) is 6.79 Å². The summed E-state index contributed by atoms with van der Waals surface area (Å²) in [7, 11) is 0. The van der Waals surface area contributed by atoms with Crippen molar-refractivity contribution in [3.8, 4) is 34.1 Å². The second-order valence-electron chi connectivity index (χ2n) is 7.84. The first-order valence-corrected chi connectivity index (χ1v) is 10.6. The summed E-state index contributed by atoms with van der Waals surface area (Å²) in [6, 6.07) is 15.9. The molecule has 1 aliphatic heterocycles. The van der Waals surface area contributed by atoms with Crippen LogP contribution in [0.5, 0.6) is 11.5 Å². The number of rotatable bonds is 6. The molecule has 2 N–H and O–H groups in total. The van der Waals surface area contributed by atoms with Gasteiger partial charge in [-0.05, 0) is 48.9 Å². The van der Waals surface area contributed by atoms with E-state index in [0.717, 1.165) is 56.9 Å². The Labute approximate surface area is 189 Å². The molecule has 0 spiro atoms. The highest BCUT2D eigenvalue weighted by Crippen LogP contribution is 2.32. The third-order valence-corrected chi connectivity index (χ3v) is 5.51. The Balaban J connectivity index is 1.29. The fourth-order valence-electron chi connectivity index (χ4n) is 3.92. The predicted molar refractivity (Wildman–Crippen MR) is 122 cm³/mol. The largest absolute Gasteiger partial charge is 0.454 e. The van der Waals surface area contributed by atoms with Crippen LogP contribution in [0.1, 0.15) is 17.1 Å². The van der Waals surface area contributed by atoms with Crippen molar-refractivity contribution in [1.82, 2.24) is 34.9 Å². The summed E-state index contributed by atoms with van der Waals surface area (Å²) < 4.78 is 12.6. The van der Waals surface area contributed by atoms with Gasteiger partial charge in [0.2, 0.25) is 6.79 Å². The standard InChI is InChI=1S/C24H21N7O2/c1-15-3-2-4-18(28-15)24-23(17-6-8-22-26-13-27-31(22)12-17)29-21(30-24)11-25-10-16-5-7-19-20(9-16)33-14-32-19/h2-9,12-13,25H,10-11,14H2,1H3,(H,29,30). The van der Waals surface area contributed by atoms with Crippen molar-refractivity contribution < 1.29 is 9.47 Å². The number of nitrogens with one attached hydrogen (secondary N) is 2. The SMILES string of the molecule is Cc1cccc(-c2nc(CNCc3ccc4c(c3)OCO4)[nH]c2-c2ccc3ncnn3c2)n1. The zero-order valence-corrected chi connectivity index (χ0v) is 17.9. The molecule has 4 aromatic heterocycles. The van der Waals surface area contributed by atoms with Gasteiger partial charge < -0.3 is 19.8 Å². The van der Waals surface area contributed by atoms with Crippen molar-refractivity contribution in [3.05, 3.63) is 78.1 Å². The number of imidazole rings is 1. The van der Waals surface area contributed by atoms with Crippen molar-refractivity contribution in [3.63, 3.8) is 0 Å². The molecule has 0 aliphatic carbocycles. The van der Waals surface area contributed by atoms with Gasteiger partial charge in [0.25, 0.3) is 0 Å². The Morgan fingerprint density at radius 1 is 1.03 bits per heavy atom. The first-order chi connectivity index (χ1) is 16.2. The van der Waals surface area contributed by atoms with E-state index < -0.39 is 0 Å². The lowest BCUT2D eigenvalue weighted by molar-refractivity contribution is 0.174. The van der Waals surface area contributed by atoms with Gasteiger partial charge in [-0.25, -0.2) is 14.5 Å². The fourth-order valence-corrected chi connectivity index (χ4v) is 3.92. The number of H-pyrrole nitrogens is 1. The lowest BCUT2D eigenvalue weighted by Gasteiger charge is -2.04. The zero-order chi connectivity index (χ0) is 22.2. The number of hydrogen-bond donors (Lipinski definition) is 2. The number of hydrogen-bond acceptors (Lipinski definition) is 7. The molecule has 33 heavy (non-hydrogen) atoms. The van der Waals surface area contributed by atoms with E-state index in [1.807, 2.05) is 61.7 Å². The highest BCUT2D eigenvalue weighted by molar-refractivity contribution is 5.77. The van der Waals surface area contributed by atoms with Crippen LogP contribution in [0.2, 0.25) is 0 Å². The quantitative estimate of drug-likeness (QED) is 0.417. The molecule has 6 rings (SSSR count). The maximum Gasteiger partial charge on any atom is 0.231 e. The minimum absolute atomic E-state index is 0.275. The second-order valence-corrected chi connectivity index (χ2v) is 7.84. The van der Waals surface area contributed by atoms with E-state index in [-0.39, 0.29) is 6.79 Å². The van der Waals surface area contributed by atoms with E-state index in [1.165, 1.54) is 0 Å². The summed E-state index contributed by atoms with van der Waals surface area (Å²) in [6.07, 6.45) is 3.49. The first-order valence-electron chi connectivity index (χ1n) is 10.6. The fraction of sp³-hybridized carbons (Fsp3) is 0.167. The molecular formula is C24H21N7O2. The molecule has 0 amide bonds. The molecule has 1 aromatic carbocycles. The van der Waals surface area contributed by atoms with E-state index in [2.05, 4.69) is 20.4 Å². The van der Waals surface area contributed by atoms with E-state index in [1.54, 1.807) is 10.8 Å². The number of pyridine rings is 2. The lowest BCUT2D eigenvalue weighted by Crippen LogP contribution is -2.13. The predicted octanol–water partition coefficient (Wildman–Crippen LogP) is 3.51. The van der Waals surface area contributed by atoms with E-state index in [9.17, 15) is 0 Å². The monoisotopic (exact) mass is 439 g/mol. The van der Waals surface area contributed by atoms with Crippen LogP contribution in [0.4, 0.5) is 0 Å². The summed E-state index contributed by atoms with van der Waals surface area (Å²) in [6.45, 7) is 3.50. The summed E-state index contributed by atoms with van der Waals surface area (Å²) in [4.78, 5) is 17.3. The van der Waals surface area contributed by atoms with Crippen LogP contribution >= 0.6 is 0 Å². The van der Waals surface area contributed by atoms with Crippen molar-refractivity contribution in [1.29, 1.82) is 0 Å². The van der Waals surface area contributed by atoms with Gasteiger partial charge in [0.15, 0.2) is 17.1 Å². The van der Waals surface area contributed by atoms with Gasteiger partial charge in [-0.3, -0.25) is 4.98 Å². The van der Waals surface area contributed by atoms with Crippen LogP contribution in [-0.2, 0) is 13.1 Å². The molecular weight excluding hydrogens is 418 g/mol. The lowest BCUT2D eigenvalue weighted by atomic mass is 10.1. The molecule has 9 heteroatoms. The first kappa shape index (κ1) is 19.4. The molecule has 5 aromatic rings. The highest BCUT2D eigenvalue weighted by Gasteiger charge is 2.17. The minimum Gasteiger partial charge on any atom is -0.454 e. The maximum atomic E-state index is 5.47. The topological polar surface area (TPSA) is 102 Å². The molecule has 0 unspecified atom stereocenters. The van der Waals surface area contributed by atoms with E-state index >= 15 is 0 Å². The Bertz CT molecular complexity index is 1460. The summed E-state index contributed by atoms with van der Waals surface area (Å²) in [5, 5.41) is 7.71. The second kappa shape index (κ2) is 8.03. The van der Waals surface area contributed by atoms with Crippen molar-refractivity contribution >= 4 is 5.65 Å². The number of ether oxygens (including phenoxy) is 2. The molecule has 0 radical (unpaired) electrons. The number of aryl methyl sites for hydroxylation is 1. The summed E-state index contributed by atoms with van der Waals surface area (Å²) in [5.41, 5.74) is 6.32. The molecule has 9 nitrogen and oxygen atoms in total. The van der Waals surface area contributed by atoms with E-state index in [4.69, 9.17) is 19.4 Å².